The molecule has 0 radical (unpaired) electrons. The topological polar surface area (TPSA) is 50.9 Å². The van der Waals surface area contributed by atoms with Crippen LogP contribution in [0.1, 0.15) is 56.9 Å². The average Bonchev–Trinajstić information content (AvgIpc) is 3.63. The standard InChI is InChI=1S/C54H46N3O.Pt/c1-35-28-29-55-50-46(35)33-42(54(5,6)41-18-11-8-12-19-41)34-47(50)39-31-37(36-16-9-7-10-17-36)30-38(32-39)44-21-15-22-48-51(44)56-52(45-20-13-14-23-49(45)58)57(48)43-26-24-40(25-27-43)53(2,3)4;/h7-31,33-34,58H,1-6H3;/q-1;. The number of fused-ring (bicyclic) bond motifs is 2. The Balaban J connectivity index is 0.00000484. The zero-order valence-corrected chi connectivity index (χ0v) is 36.5. The van der Waals surface area contributed by atoms with E-state index in [-0.39, 0.29) is 37.6 Å². The van der Waals surface area contributed by atoms with Crippen molar-refractivity contribution in [3.05, 3.63) is 192 Å². The number of benzene rings is 7. The van der Waals surface area contributed by atoms with Crippen molar-refractivity contribution in [3.8, 4) is 56.2 Å². The predicted molar refractivity (Wildman–Crippen MR) is 241 cm³/mol. The van der Waals surface area contributed by atoms with E-state index in [1.807, 2.05) is 24.4 Å². The second kappa shape index (κ2) is 15.6. The van der Waals surface area contributed by atoms with Crippen LogP contribution in [0.25, 0.3) is 72.4 Å². The van der Waals surface area contributed by atoms with Gasteiger partial charge in [-0.25, -0.2) is 4.98 Å². The van der Waals surface area contributed by atoms with Gasteiger partial charge in [-0.15, -0.1) is 29.3 Å². The first-order chi connectivity index (χ1) is 28.0. The normalized spacial score (nSPS) is 11.8. The van der Waals surface area contributed by atoms with Crippen molar-refractivity contribution in [3.63, 3.8) is 0 Å². The van der Waals surface area contributed by atoms with Gasteiger partial charge in [0.05, 0.1) is 16.6 Å². The summed E-state index contributed by atoms with van der Waals surface area (Å²) >= 11 is 0. The van der Waals surface area contributed by atoms with Gasteiger partial charge in [0.1, 0.15) is 11.6 Å². The van der Waals surface area contributed by atoms with E-state index in [0.29, 0.717) is 11.4 Å². The van der Waals surface area contributed by atoms with E-state index in [0.717, 1.165) is 61.0 Å². The zero-order chi connectivity index (χ0) is 40.2. The Hall–Kier alpha value is -6.09. The Kier molecular flexibility index (Phi) is 10.5. The minimum atomic E-state index is -0.269. The molecule has 294 valence electrons. The molecule has 59 heavy (non-hydrogen) atoms. The Morgan fingerprint density at radius 2 is 1.20 bits per heavy atom. The second-order valence-corrected chi connectivity index (χ2v) is 16.9. The Morgan fingerprint density at radius 1 is 0.559 bits per heavy atom. The third kappa shape index (κ3) is 7.32. The van der Waals surface area contributed by atoms with Crippen molar-refractivity contribution in [2.45, 2.75) is 52.4 Å². The molecule has 2 heterocycles. The number of phenols is 1. The summed E-state index contributed by atoms with van der Waals surface area (Å²) in [6, 6.07) is 58.9. The maximum absolute atomic E-state index is 11.2. The van der Waals surface area contributed by atoms with Crippen LogP contribution in [0.5, 0.6) is 5.75 Å². The number of hydrogen-bond donors (Lipinski definition) is 1. The van der Waals surface area contributed by atoms with Crippen LogP contribution in [0.2, 0.25) is 0 Å². The Bertz CT molecular complexity index is 2960. The van der Waals surface area contributed by atoms with Crippen LogP contribution in [0, 0.1) is 13.0 Å². The number of aryl methyl sites for hydroxylation is 1. The van der Waals surface area contributed by atoms with Gasteiger partial charge in [-0.1, -0.05) is 154 Å². The first-order valence-electron chi connectivity index (χ1n) is 20.0. The van der Waals surface area contributed by atoms with Crippen molar-refractivity contribution < 1.29 is 26.2 Å². The van der Waals surface area contributed by atoms with Crippen molar-refractivity contribution in [2.75, 3.05) is 0 Å². The molecule has 1 N–H and O–H groups in total. The molecule has 0 aliphatic heterocycles. The molecule has 0 atom stereocenters. The zero-order valence-electron chi connectivity index (χ0n) is 34.2. The fraction of sp³-hybridized carbons (Fsp3) is 0.148. The first-order valence-corrected chi connectivity index (χ1v) is 20.0. The molecule has 0 bridgehead atoms. The van der Waals surface area contributed by atoms with E-state index in [4.69, 9.17) is 9.97 Å². The van der Waals surface area contributed by atoms with Gasteiger partial charge in [0.15, 0.2) is 0 Å². The summed E-state index contributed by atoms with van der Waals surface area (Å²) in [5.41, 5.74) is 15.0. The molecular formula is C54H46N3OPt-. The number of nitrogens with zero attached hydrogens (tertiary/aromatic N) is 3. The van der Waals surface area contributed by atoms with Gasteiger partial charge in [0.2, 0.25) is 0 Å². The SMILES string of the molecule is Cc1ccnc2c(-c3[c-]c(-c4cccc5c4nc(-c4ccccc4O)n5-c4ccc(C(C)(C)C)cc4)cc(-c4ccccc4)c3)cc(C(C)(C)c3ccccc3)cc12.[Pt]. The fourth-order valence-electron chi connectivity index (χ4n) is 8.16. The van der Waals surface area contributed by atoms with E-state index >= 15 is 0 Å². The van der Waals surface area contributed by atoms with Gasteiger partial charge in [-0.05, 0) is 88.0 Å². The smallest absolute Gasteiger partial charge is 0.148 e. The number of rotatable bonds is 7. The third-order valence-corrected chi connectivity index (χ3v) is 11.7. The van der Waals surface area contributed by atoms with Gasteiger partial charge in [-0.2, -0.15) is 0 Å². The number of pyridine rings is 1. The summed E-state index contributed by atoms with van der Waals surface area (Å²) in [6.45, 7) is 13.4. The molecule has 9 aromatic rings. The van der Waals surface area contributed by atoms with Crippen LogP contribution in [0.15, 0.2) is 164 Å². The van der Waals surface area contributed by atoms with Gasteiger partial charge < -0.3 is 5.11 Å². The minimum Gasteiger partial charge on any atom is -0.507 e. The van der Waals surface area contributed by atoms with Gasteiger partial charge in [0.25, 0.3) is 0 Å². The van der Waals surface area contributed by atoms with Crippen molar-refractivity contribution in [2.24, 2.45) is 0 Å². The van der Waals surface area contributed by atoms with Crippen LogP contribution >= 0.6 is 0 Å². The van der Waals surface area contributed by atoms with E-state index in [9.17, 15) is 5.11 Å². The average molecular weight is 948 g/mol. The fourth-order valence-corrected chi connectivity index (χ4v) is 8.16. The molecule has 0 amide bonds. The summed E-state index contributed by atoms with van der Waals surface area (Å²) in [5.74, 6) is 0.852. The number of aromatic nitrogens is 3. The van der Waals surface area contributed by atoms with Gasteiger partial charge >= 0.3 is 0 Å². The molecule has 7 aromatic carbocycles. The van der Waals surface area contributed by atoms with E-state index in [1.54, 1.807) is 6.07 Å². The summed E-state index contributed by atoms with van der Waals surface area (Å²) in [6.07, 6.45) is 1.91. The number of para-hydroxylation sites is 2. The quantitative estimate of drug-likeness (QED) is 0.162. The summed E-state index contributed by atoms with van der Waals surface area (Å²) in [4.78, 5) is 10.4. The van der Waals surface area contributed by atoms with Crippen molar-refractivity contribution in [1.82, 2.24) is 14.5 Å². The maximum Gasteiger partial charge on any atom is 0.148 e. The minimum absolute atomic E-state index is 0. The molecule has 9 rings (SSSR count). The molecule has 0 fully saturated rings. The van der Waals surface area contributed by atoms with Crippen LogP contribution in [-0.2, 0) is 31.9 Å². The molecule has 5 heteroatoms. The van der Waals surface area contributed by atoms with Gasteiger partial charge in [0, 0.05) is 43.9 Å². The van der Waals surface area contributed by atoms with Gasteiger partial charge in [-0.3, -0.25) is 9.55 Å². The number of phenolic OH excluding ortho intramolecular Hbond substituents is 1. The largest absolute Gasteiger partial charge is 0.507 e. The molecule has 0 aliphatic rings. The summed E-state index contributed by atoms with van der Waals surface area (Å²) in [7, 11) is 0. The molecule has 4 nitrogen and oxygen atoms in total. The molecule has 2 aromatic heterocycles. The monoisotopic (exact) mass is 947 g/mol. The number of aromatic hydroxyl groups is 1. The molecule has 0 spiro atoms. The number of imidazole rings is 1. The van der Waals surface area contributed by atoms with Crippen LogP contribution in [-0.4, -0.2) is 19.6 Å². The summed E-state index contributed by atoms with van der Waals surface area (Å²) in [5, 5.41) is 12.3. The van der Waals surface area contributed by atoms with E-state index in [1.165, 1.54) is 22.3 Å². The van der Waals surface area contributed by atoms with E-state index in [2.05, 4.69) is 186 Å². The van der Waals surface area contributed by atoms with E-state index < -0.39 is 0 Å². The van der Waals surface area contributed by atoms with Crippen molar-refractivity contribution in [1.29, 1.82) is 0 Å². The van der Waals surface area contributed by atoms with Crippen LogP contribution in [0.3, 0.4) is 0 Å². The summed E-state index contributed by atoms with van der Waals surface area (Å²) < 4.78 is 2.16. The first kappa shape index (κ1) is 39.7. The van der Waals surface area contributed by atoms with Crippen molar-refractivity contribution >= 4 is 21.9 Å². The Morgan fingerprint density at radius 3 is 1.90 bits per heavy atom. The van der Waals surface area contributed by atoms with Crippen LogP contribution < -0.4 is 0 Å². The molecule has 0 aliphatic carbocycles. The maximum atomic E-state index is 11.2. The molecule has 0 saturated carbocycles. The third-order valence-electron chi connectivity index (χ3n) is 11.7. The molecule has 0 saturated heterocycles. The molecule has 0 unspecified atom stereocenters. The number of hydrogen-bond acceptors (Lipinski definition) is 3. The second-order valence-electron chi connectivity index (χ2n) is 16.9. The Labute approximate surface area is 361 Å². The predicted octanol–water partition coefficient (Wildman–Crippen LogP) is 13.7. The molecular weight excluding hydrogens is 902 g/mol. The van der Waals surface area contributed by atoms with Crippen LogP contribution in [0.4, 0.5) is 0 Å².